The third kappa shape index (κ3) is 3.38. The van der Waals surface area contributed by atoms with Crippen LogP contribution in [-0.4, -0.2) is 38.4 Å². The summed E-state index contributed by atoms with van der Waals surface area (Å²) in [5.74, 6) is 0.0956. The zero-order chi connectivity index (χ0) is 13.8. The van der Waals surface area contributed by atoms with E-state index in [1.807, 2.05) is 23.0 Å². The highest BCUT2D eigenvalue weighted by molar-refractivity contribution is 7.99. The summed E-state index contributed by atoms with van der Waals surface area (Å²) in [5.41, 5.74) is 1.69. The Morgan fingerprint density at radius 1 is 1.53 bits per heavy atom. The maximum absolute atomic E-state index is 10.7. The quantitative estimate of drug-likeness (QED) is 0.829. The van der Waals surface area contributed by atoms with Crippen LogP contribution in [0.15, 0.2) is 23.4 Å². The fourth-order valence-corrected chi connectivity index (χ4v) is 3.06. The molecule has 1 heterocycles. The molecule has 0 spiro atoms. The molecule has 1 aromatic carbocycles. The van der Waals surface area contributed by atoms with E-state index in [0.717, 1.165) is 23.3 Å². The summed E-state index contributed by atoms with van der Waals surface area (Å²) < 4.78 is 2.03. The Morgan fingerprint density at radius 3 is 3.00 bits per heavy atom. The number of para-hydroxylation sites is 1. The van der Waals surface area contributed by atoms with Gasteiger partial charge in [0.25, 0.3) is 0 Å². The zero-order valence-corrected chi connectivity index (χ0v) is 12.7. The molecule has 102 valence electrons. The number of nitrogens with zero attached hydrogens (tertiary/aromatic N) is 2. The molecule has 0 aliphatic rings. The Kier molecular flexibility index (Phi) is 5.01. The predicted octanol–water partition coefficient (Wildman–Crippen LogP) is 3.23. The van der Waals surface area contributed by atoms with Gasteiger partial charge in [0.1, 0.15) is 5.52 Å². The minimum Gasteiger partial charge on any atom is -0.481 e. The van der Waals surface area contributed by atoms with Gasteiger partial charge in [0.2, 0.25) is 0 Å². The van der Waals surface area contributed by atoms with Gasteiger partial charge < -0.3 is 9.67 Å². The van der Waals surface area contributed by atoms with Crippen LogP contribution in [-0.2, 0) is 11.3 Å². The summed E-state index contributed by atoms with van der Waals surface area (Å²) in [7, 11) is 0. The average molecular weight is 317 g/mol. The van der Waals surface area contributed by atoms with E-state index < -0.39 is 5.97 Å². The number of rotatable bonds is 6. The molecule has 0 aliphatic heterocycles. The maximum atomic E-state index is 10.7. The highest BCUT2D eigenvalue weighted by Crippen LogP contribution is 2.28. The largest absolute Gasteiger partial charge is 0.481 e. The van der Waals surface area contributed by atoms with E-state index in [1.54, 1.807) is 17.8 Å². The number of imidazole rings is 1. The summed E-state index contributed by atoms with van der Waals surface area (Å²) in [5, 5.41) is 10.1. The molecule has 2 rings (SSSR count). The fourth-order valence-electron chi connectivity index (χ4n) is 1.73. The monoisotopic (exact) mass is 316 g/mol. The minimum absolute atomic E-state index is 0.000207. The molecule has 0 bridgehead atoms. The number of aliphatic carboxylic acids is 1. The number of aryl methyl sites for hydroxylation is 1. The molecule has 4 nitrogen and oxygen atoms in total. The van der Waals surface area contributed by atoms with Crippen LogP contribution in [0.25, 0.3) is 11.0 Å². The molecule has 2 aromatic rings. The Morgan fingerprint density at radius 2 is 2.32 bits per heavy atom. The van der Waals surface area contributed by atoms with Gasteiger partial charge >= 0.3 is 5.97 Å². The third-order valence-electron chi connectivity index (χ3n) is 2.54. The number of carboxylic acid groups (broad SMARTS) is 1. The lowest BCUT2D eigenvalue weighted by Crippen LogP contribution is -2.04. The van der Waals surface area contributed by atoms with Crippen molar-refractivity contribution >= 4 is 52.1 Å². The zero-order valence-electron chi connectivity index (χ0n) is 10.3. The molecular weight excluding hydrogens is 304 g/mol. The van der Waals surface area contributed by atoms with E-state index >= 15 is 0 Å². The Balaban J connectivity index is 2.41. The highest BCUT2D eigenvalue weighted by Gasteiger charge is 2.14. The Bertz CT molecular complexity index is 601. The number of thioether (sulfide) groups is 2. The molecule has 19 heavy (non-hydrogen) atoms. The Hall–Kier alpha value is -0.850. The second-order valence-electron chi connectivity index (χ2n) is 3.83. The first-order chi connectivity index (χ1) is 9.13. The van der Waals surface area contributed by atoms with Crippen molar-refractivity contribution in [1.82, 2.24) is 9.55 Å². The van der Waals surface area contributed by atoms with E-state index in [2.05, 4.69) is 4.98 Å². The average Bonchev–Trinajstić information content (AvgIpc) is 2.73. The number of aromatic nitrogens is 2. The van der Waals surface area contributed by atoms with Crippen LogP contribution in [0.4, 0.5) is 0 Å². The Labute approximate surface area is 124 Å². The van der Waals surface area contributed by atoms with Crippen LogP contribution in [0.5, 0.6) is 0 Å². The van der Waals surface area contributed by atoms with Gasteiger partial charge in [-0.3, -0.25) is 4.79 Å². The summed E-state index contributed by atoms with van der Waals surface area (Å²) in [6, 6.07) is 5.63. The van der Waals surface area contributed by atoms with E-state index in [1.165, 1.54) is 11.8 Å². The maximum Gasteiger partial charge on any atom is 0.313 e. The third-order valence-corrected chi connectivity index (χ3v) is 4.40. The molecule has 0 fully saturated rings. The topological polar surface area (TPSA) is 55.1 Å². The summed E-state index contributed by atoms with van der Waals surface area (Å²) in [4.78, 5) is 15.2. The van der Waals surface area contributed by atoms with Gasteiger partial charge in [-0.2, -0.15) is 11.8 Å². The molecule has 0 amide bonds. The summed E-state index contributed by atoms with van der Waals surface area (Å²) in [6.45, 7) is 0.792. The lowest BCUT2D eigenvalue weighted by Gasteiger charge is -2.06. The fraction of sp³-hybridized carbons (Fsp3) is 0.333. The van der Waals surface area contributed by atoms with Crippen molar-refractivity contribution in [2.45, 2.75) is 11.7 Å². The number of hydrogen-bond acceptors (Lipinski definition) is 4. The first-order valence-corrected chi connectivity index (χ1v) is 8.37. The van der Waals surface area contributed by atoms with Gasteiger partial charge in [0.05, 0.1) is 16.3 Å². The van der Waals surface area contributed by atoms with Crippen LogP contribution >= 0.6 is 35.1 Å². The van der Waals surface area contributed by atoms with Gasteiger partial charge in [0.15, 0.2) is 5.16 Å². The van der Waals surface area contributed by atoms with Crippen LogP contribution in [0.1, 0.15) is 0 Å². The van der Waals surface area contributed by atoms with Crippen molar-refractivity contribution in [2.75, 3.05) is 17.8 Å². The molecule has 1 aromatic heterocycles. The SMILES string of the molecule is CSCCn1c(SCC(=O)O)nc2c(Cl)cccc21. The molecule has 1 N–H and O–H groups in total. The molecule has 0 saturated heterocycles. The van der Waals surface area contributed by atoms with Crippen LogP contribution in [0.3, 0.4) is 0 Å². The van der Waals surface area contributed by atoms with E-state index in [9.17, 15) is 4.79 Å². The van der Waals surface area contributed by atoms with E-state index in [-0.39, 0.29) is 5.75 Å². The van der Waals surface area contributed by atoms with Crippen LogP contribution < -0.4 is 0 Å². The van der Waals surface area contributed by atoms with Crippen molar-refractivity contribution in [3.05, 3.63) is 23.2 Å². The number of fused-ring (bicyclic) bond motifs is 1. The van der Waals surface area contributed by atoms with Gasteiger partial charge in [-0.15, -0.1) is 0 Å². The summed E-state index contributed by atoms with van der Waals surface area (Å²) >= 11 is 9.10. The van der Waals surface area contributed by atoms with Crippen molar-refractivity contribution in [2.24, 2.45) is 0 Å². The number of carboxylic acids is 1. The van der Waals surface area contributed by atoms with Crippen molar-refractivity contribution < 1.29 is 9.90 Å². The van der Waals surface area contributed by atoms with Crippen molar-refractivity contribution in [1.29, 1.82) is 0 Å². The molecule has 0 aliphatic carbocycles. The van der Waals surface area contributed by atoms with Crippen molar-refractivity contribution in [3.63, 3.8) is 0 Å². The summed E-state index contributed by atoms with van der Waals surface area (Å²) in [6.07, 6.45) is 2.04. The number of halogens is 1. The number of carbonyl (C=O) groups is 1. The second-order valence-corrected chi connectivity index (χ2v) is 6.16. The molecule has 0 atom stereocenters. The predicted molar refractivity (Wildman–Crippen MR) is 81.5 cm³/mol. The van der Waals surface area contributed by atoms with Gasteiger partial charge in [-0.05, 0) is 18.4 Å². The lowest BCUT2D eigenvalue weighted by atomic mass is 10.3. The van der Waals surface area contributed by atoms with E-state index in [0.29, 0.717) is 10.2 Å². The van der Waals surface area contributed by atoms with Crippen LogP contribution in [0, 0.1) is 0 Å². The standard InChI is InChI=1S/C12H13ClN2O2S2/c1-18-6-5-15-9-4-2-3-8(13)11(9)14-12(15)19-7-10(16)17/h2-4H,5-7H2,1H3,(H,16,17). The van der Waals surface area contributed by atoms with Gasteiger partial charge in [0, 0.05) is 12.3 Å². The normalized spacial score (nSPS) is 11.1. The molecule has 7 heteroatoms. The first-order valence-electron chi connectivity index (χ1n) is 5.61. The molecule has 0 saturated carbocycles. The second kappa shape index (κ2) is 6.54. The van der Waals surface area contributed by atoms with Crippen molar-refractivity contribution in [3.8, 4) is 0 Å². The van der Waals surface area contributed by atoms with Gasteiger partial charge in [-0.25, -0.2) is 4.98 Å². The number of hydrogen-bond donors (Lipinski definition) is 1. The number of benzene rings is 1. The molecular formula is C12H13ClN2O2S2. The lowest BCUT2D eigenvalue weighted by molar-refractivity contribution is -0.133. The smallest absolute Gasteiger partial charge is 0.313 e. The van der Waals surface area contributed by atoms with Crippen LogP contribution in [0.2, 0.25) is 5.02 Å². The van der Waals surface area contributed by atoms with Gasteiger partial charge in [-0.1, -0.05) is 29.4 Å². The van der Waals surface area contributed by atoms with E-state index in [4.69, 9.17) is 16.7 Å². The molecule has 0 unspecified atom stereocenters. The minimum atomic E-state index is -0.848. The first kappa shape index (κ1) is 14.6. The highest BCUT2D eigenvalue weighted by atomic mass is 35.5. The molecule has 0 radical (unpaired) electrons.